The van der Waals surface area contributed by atoms with Crippen LogP contribution in [0.2, 0.25) is 5.04 Å². The van der Waals surface area contributed by atoms with E-state index in [0.29, 0.717) is 6.42 Å². The summed E-state index contributed by atoms with van der Waals surface area (Å²) in [6.45, 7) is 6.88. The van der Waals surface area contributed by atoms with Crippen molar-refractivity contribution < 1.29 is 18.7 Å². The fourth-order valence-electron chi connectivity index (χ4n) is 4.64. The molecule has 3 rings (SSSR count). The number of ether oxygens (including phenoxy) is 2. The van der Waals surface area contributed by atoms with Crippen LogP contribution in [0.15, 0.2) is 109 Å². The van der Waals surface area contributed by atoms with E-state index in [2.05, 4.69) is 69.3 Å². The molecular weight excluding hydrogens is 476 g/mol. The summed E-state index contributed by atoms with van der Waals surface area (Å²) in [4.78, 5) is 11.1. The van der Waals surface area contributed by atoms with Crippen LogP contribution in [0.1, 0.15) is 32.8 Å². The number of benzene rings is 3. The van der Waals surface area contributed by atoms with Crippen LogP contribution in [0.3, 0.4) is 0 Å². The van der Waals surface area contributed by atoms with E-state index in [9.17, 15) is 4.79 Å². The highest BCUT2D eigenvalue weighted by atomic mass is 28.4. The molecule has 0 aliphatic rings. The Morgan fingerprint density at radius 2 is 1.38 bits per heavy atom. The Labute approximate surface area is 222 Å². The standard InChI is InChI=1S/C32H38O4Si/c1-32(2,3)37(28-18-10-6-11-19-28,29-20-12-7-13-21-29)36-31(22-14-15-25-33)30(35-26-34-4)24-23-27-16-8-5-9-17-27/h5-21,23-25,30-31H,22,26H2,1-4H3/b15-14+,24-23?/t30-,31-/m0/s1. The summed E-state index contributed by atoms with van der Waals surface area (Å²) in [6.07, 6.45) is 8.00. The van der Waals surface area contributed by atoms with Gasteiger partial charge >= 0.3 is 0 Å². The number of allylic oxidation sites excluding steroid dienone is 1. The number of carbonyl (C=O) groups excluding carboxylic acids is 1. The molecule has 3 aromatic rings. The fourth-order valence-corrected chi connectivity index (χ4v) is 9.34. The molecule has 0 spiro atoms. The maximum absolute atomic E-state index is 11.1. The van der Waals surface area contributed by atoms with Crippen LogP contribution >= 0.6 is 0 Å². The zero-order valence-corrected chi connectivity index (χ0v) is 23.2. The summed E-state index contributed by atoms with van der Waals surface area (Å²) in [5, 5.41) is 2.18. The van der Waals surface area contributed by atoms with Crippen LogP contribution in [0, 0.1) is 0 Å². The SMILES string of the molecule is COCO[C@@H](C=Cc1ccccc1)[C@H](C/C=C/C=O)O[Si](c1ccccc1)(c1ccccc1)C(C)(C)C. The maximum atomic E-state index is 11.1. The second-order valence-electron chi connectivity index (χ2n) is 9.93. The van der Waals surface area contributed by atoms with Gasteiger partial charge in [0.1, 0.15) is 19.2 Å². The largest absolute Gasteiger partial charge is 0.401 e. The number of hydrogen-bond donors (Lipinski definition) is 0. The maximum Gasteiger partial charge on any atom is 0.261 e. The van der Waals surface area contributed by atoms with Crippen molar-refractivity contribution in [3.8, 4) is 0 Å². The molecular formula is C32H38O4Si. The lowest BCUT2D eigenvalue weighted by atomic mass is 10.1. The Morgan fingerprint density at radius 3 is 1.86 bits per heavy atom. The first-order chi connectivity index (χ1) is 17.9. The van der Waals surface area contributed by atoms with Gasteiger partial charge in [0.25, 0.3) is 8.32 Å². The van der Waals surface area contributed by atoms with E-state index in [4.69, 9.17) is 13.9 Å². The molecule has 0 unspecified atom stereocenters. The van der Waals surface area contributed by atoms with E-state index in [-0.39, 0.29) is 17.9 Å². The molecule has 0 radical (unpaired) electrons. The van der Waals surface area contributed by atoms with Gasteiger partial charge in [-0.05, 0) is 33.5 Å². The van der Waals surface area contributed by atoms with Gasteiger partial charge in [-0.3, -0.25) is 4.79 Å². The second-order valence-corrected chi connectivity index (χ2v) is 14.2. The first-order valence-corrected chi connectivity index (χ1v) is 14.6. The van der Waals surface area contributed by atoms with Gasteiger partial charge in [-0.2, -0.15) is 0 Å². The highest BCUT2D eigenvalue weighted by Gasteiger charge is 2.52. The second kappa shape index (κ2) is 14.0. The average Bonchev–Trinajstić information content (AvgIpc) is 2.92. The molecule has 0 saturated carbocycles. The monoisotopic (exact) mass is 514 g/mol. The van der Waals surface area contributed by atoms with Crippen LogP contribution in [0.4, 0.5) is 0 Å². The summed E-state index contributed by atoms with van der Waals surface area (Å²) in [5.74, 6) is 0. The molecule has 194 valence electrons. The van der Waals surface area contributed by atoms with Gasteiger partial charge in [0.05, 0.1) is 6.10 Å². The smallest absolute Gasteiger partial charge is 0.261 e. The van der Waals surface area contributed by atoms with Crippen molar-refractivity contribution in [3.05, 3.63) is 115 Å². The third-order valence-electron chi connectivity index (χ3n) is 6.35. The molecule has 0 aliphatic heterocycles. The molecule has 0 N–H and O–H groups in total. The van der Waals surface area contributed by atoms with Crippen LogP contribution in [-0.4, -0.2) is 40.7 Å². The van der Waals surface area contributed by atoms with Crippen molar-refractivity contribution in [2.24, 2.45) is 0 Å². The molecule has 0 saturated heterocycles. The van der Waals surface area contributed by atoms with Crippen molar-refractivity contribution in [2.75, 3.05) is 13.9 Å². The highest BCUT2D eigenvalue weighted by molar-refractivity contribution is 6.99. The minimum absolute atomic E-state index is 0.127. The summed E-state index contributed by atoms with van der Waals surface area (Å²) >= 11 is 0. The lowest BCUT2D eigenvalue weighted by Gasteiger charge is -2.46. The van der Waals surface area contributed by atoms with Gasteiger partial charge in [-0.1, -0.05) is 130 Å². The van der Waals surface area contributed by atoms with Crippen LogP contribution < -0.4 is 10.4 Å². The molecule has 4 nitrogen and oxygen atoms in total. The summed E-state index contributed by atoms with van der Waals surface area (Å²) in [5.41, 5.74) is 1.07. The van der Waals surface area contributed by atoms with Gasteiger partial charge in [-0.25, -0.2) is 0 Å². The first kappa shape index (κ1) is 28.5. The van der Waals surface area contributed by atoms with Gasteiger partial charge in [0, 0.05) is 7.11 Å². The molecule has 0 fully saturated rings. The molecule has 0 aliphatic carbocycles. The van der Waals surface area contributed by atoms with Gasteiger partial charge in [-0.15, -0.1) is 0 Å². The highest BCUT2D eigenvalue weighted by Crippen LogP contribution is 2.38. The van der Waals surface area contributed by atoms with Crippen LogP contribution in [-0.2, 0) is 18.7 Å². The molecule has 2 atom stereocenters. The van der Waals surface area contributed by atoms with Gasteiger partial charge in [0.15, 0.2) is 0 Å². The molecule has 0 amide bonds. The Morgan fingerprint density at radius 1 is 0.838 bits per heavy atom. The van der Waals surface area contributed by atoms with Gasteiger partial charge < -0.3 is 13.9 Å². The number of rotatable bonds is 13. The average molecular weight is 515 g/mol. The number of methoxy groups -OCH3 is 1. The molecule has 37 heavy (non-hydrogen) atoms. The minimum atomic E-state index is -2.86. The van der Waals surface area contributed by atoms with Crippen molar-refractivity contribution >= 4 is 31.1 Å². The zero-order valence-electron chi connectivity index (χ0n) is 22.2. The van der Waals surface area contributed by atoms with Crippen molar-refractivity contribution in [1.29, 1.82) is 0 Å². The topological polar surface area (TPSA) is 44.8 Å². The van der Waals surface area contributed by atoms with Crippen molar-refractivity contribution in [2.45, 2.75) is 44.4 Å². The Hall–Kier alpha value is -3.09. The molecule has 0 bridgehead atoms. The van der Waals surface area contributed by atoms with E-state index in [1.807, 2.05) is 60.7 Å². The van der Waals surface area contributed by atoms with Crippen molar-refractivity contribution in [3.63, 3.8) is 0 Å². The summed E-state index contributed by atoms with van der Waals surface area (Å²) < 4.78 is 18.9. The van der Waals surface area contributed by atoms with Gasteiger partial charge in [0.2, 0.25) is 0 Å². The molecule has 0 heterocycles. The van der Waals surface area contributed by atoms with E-state index in [0.717, 1.165) is 11.8 Å². The lowest BCUT2D eigenvalue weighted by molar-refractivity contribution is -0.104. The quantitative estimate of drug-likeness (QED) is 0.126. The van der Waals surface area contributed by atoms with E-state index >= 15 is 0 Å². The van der Waals surface area contributed by atoms with Crippen molar-refractivity contribution in [1.82, 2.24) is 0 Å². The van der Waals surface area contributed by atoms with Crippen LogP contribution in [0.25, 0.3) is 6.08 Å². The normalized spacial score (nSPS) is 14.2. The number of carbonyl (C=O) groups is 1. The third-order valence-corrected chi connectivity index (χ3v) is 11.4. The van der Waals surface area contributed by atoms with E-state index in [1.54, 1.807) is 7.11 Å². The molecule has 5 heteroatoms. The summed E-state index contributed by atoms with van der Waals surface area (Å²) in [7, 11) is -1.25. The Balaban J connectivity index is 2.15. The minimum Gasteiger partial charge on any atom is -0.401 e. The lowest BCUT2D eigenvalue weighted by Crippen LogP contribution is -2.68. The number of hydrogen-bond acceptors (Lipinski definition) is 4. The third kappa shape index (κ3) is 7.46. The first-order valence-electron chi connectivity index (χ1n) is 12.7. The number of aldehydes is 1. The fraction of sp³-hybridized carbons (Fsp3) is 0.281. The Bertz CT molecular complexity index is 1080. The van der Waals surface area contributed by atoms with E-state index in [1.165, 1.54) is 16.4 Å². The van der Waals surface area contributed by atoms with E-state index < -0.39 is 14.4 Å². The summed E-state index contributed by atoms with van der Waals surface area (Å²) in [6, 6.07) is 31.2. The molecule has 3 aromatic carbocycles. The predicted molar refractivity (Wildman–Crippen MR) is 155 cm³/mol. The Kier molecular flexibility index (Phi) is 10.8. The van der Waals surface area contributed by atoms with Crippen LogP contribution in [0.5, 0.6) is 0 Å². The molecule has 0 aromatic heterocycles. The predicted octanol–water partition coefficient (Wildman–Crippen LogP) is 5.78. The zero-order chi connectivity index (χ0) is 26.6.